The van der Waals surface area contributed by atoms with Crippen molar-refractivity contribution in [2.24, 2.45) is 11.8 Å². The molecule has 0 aromatic rings. The summed E-state index contributed by atoms with van der Waals surface area (Å²) in [5, 5.41) is 18.6. The molecule has 3 nitrogen and oxygen atoms in total. The van der Waals surface area contributed by atoms with Crippen LogP contribution >= 0.6 is 0 Å². The molecule has 1 fully saturated rings. The lowest BCUT2D eigenvalue weighted by atomic mass is 9.79. The van der Waals surface area contributed by atoms with Crippen LogP contribution in [0, 0.1) is 11.8 Å². The maximum atomic E-state index is 9.36. The Hall–Kier alpha value is -0.120. The van der Waals surface area contributed by atoms with Gasteiger partial charge in [0, 0.05) is 20.1 Å². The molecule has 3 heteroatoms. The zero-order chi connectivity index (χ0) is 10.4. The molecule has 0 spiro atoms. The van der Waals surface area contributed by atoms with Crippen molar-refractivity contribution in [3.05, 3.63) is 0 Å². The monoisotopic (exact) mass is 202 g/mol. The first kappa shape index (κ1) is 12.0. The third-order valence-corrected chi connectivity index (χ3v) is 3.33. The van der Waals surface area contributed by atoms with Crippen LogP contribution in [0.2, 0.25) is 0 Å². The van der Waals surface area contributed by atoms with Crippen molar-refractivity contribution < 1.29 is 14.9 Å². The molecule has 0 aromatic heterocycles. The third-order valence-electron chi connectivity index (χ3n) is 3.33. The highest BCUT2D eigenvalue weighted by atomic mass is 16.6. The van der Waals surface area contributed by atoms with Crippen molar-refractivity contribution in [1.29, 1.82) is 0 Å². The molecule has 0 heterocycles. The summed E-state index contributed by atoms with van der Waals surface area (Å²) in [4.78, 5) is 0. The molecule has 0 aromatic carbocycles. The number of rotatable bonds is 5. The maximum Gasteiger partial charge on any atom is 0.154 e. The standard InChI is InChI=1S/C11H22O3/c1-14-11(13)7-10(8-12)9-5-3-2-4-6-9/h9-13H,2-8H2,1H3. The fourth-order valence-corrected chi connectivity index (χ4v) is 2.38. The number of ether oxygens (including phenoxy) is 1. The number of aliphatic hydroxyl groups excluding tert-OH is 2. The van der Waals surface area contributed by atoms with Crippen LogP contribution in [0.25, 0.3) is 0 Å². The van der Waals surface area contributed by atoms with E-state index in [4.69, 9.17) is 4.74 Å². The van der Waals surface area contributed by atoms with Gasteiger partial charge in [-0.15, -0.1) is 0 Å². The van der Waals surface area contributed by atoms with E-state index in [-0.39, 0.29) is 12.5 Å². The van der Waals surface area contributed by atoms with Gasteiger partial charge >= 0.3 is 0 Å². The van der Waals surface area contributed by atoms with Crippen LogP contribution in [0.15, 0.2) is 0 Å². The smallest absolute Gasteiger partial charge is 0.154 e. The van der Waals surface area contributed by atoms with Crippen molar-refractivity contribution >= 4 is 0 Å². The highest BCUT2D eigenvalue weighted by Gasteiger charge is 2.24. The van der Waals surface area contributed by atoms with Crippen molar-refractivity contribution in [3.8, 4) is 0 Å². The molecule has 0 saturated heterocycles. The summed E-state index contributed by atoms with van der Waals surface area (Å²) in [5.41, 5.74) is 0. The van der Waals surface area contributed by atoms with Crippen LogP contribution < -0.4 is 0 Å². The minimum atomic E-state index is -0.714. The molecule has 0 amide bonds. The van der Waals surface area contributed by atoms with E-state index in [9.17, 15) is 10.2 Å². The second-order valence-electron chi connectivity index (χ2n) is 4.27. The fourth-order valence-electron chi connectivity index (χ4n) is 2.38. The van der Waals surface area contributed by atoms with Gasteiger partial charge in [-0.05, 0) is 11.8 Å². The molecular formula is C11H22O3. The number of hydrogen-bond donors (Lipinski definition) is 2. The lowest BCUT2D eigenvalue weighted by Gasteiger charge is -2.29. The molecule has 1 aliphatic rings. The summed E-state index contributed by atoms with van der Waals surface area (Å²) in [6, 6.07) is 0. The predicted molar refractivity (Wildman–Crippen MR) is 54.8 cm³/mol. The van der Waals surface area contributed by atoms with Crippen LogP contribution in [0.1, 0.15) is 38.5 Å². The third kappa shape index (κ3) is 3.56. The molecule has 2 unspecified atom stereocenters. The van der Waals surface area contributed by atoms with Crippen LogP contribution in [0.5, 0.6) is 0 Å². The first-order chi connectivity index (χ1) is 6.77. The van der Waals surface area contributed by atoms with Crippen LogP contribution in [-0.4, -0.2) is 30.2 Å². The SMILES string of the molecule is COC(O)CC(CO)C1CCCCC1. The van der Waals surface area contributed by atoms with E-state index in [1.165, 1.54) is 39.2 Å². The van der Waals surface area contributed by atoms with Gasteiger partial charge in [0.25, 0.3) is 0 Å². The predicted octanol–water partition coefficient (Wildman–Crippen LogP) is 1.53. The molecule has 0 radical (unpaired) electrons. The van der Waals surface area contributed by atoms with Gasteiger partial charge in [-0.25, -0.2) is 0 Å². The average molecular weight is 202 g/mol. The van der Waals surface area contributed by atoms with Crippen LogP contribution in [0.4, 0.5) is 0 Å². The first-order valence-electron chi connectivity index (χ1n) is 5.59. The molecule has 84 valence electrons. The highest BCUT2D eigenvalue weighted by molar-refractivity contribution is 4.74. The Kier molecular flexibility index (Phi) is 5.45. The molecule has 0 bridgehead atoms. The molecule has 2 N–H and O–H groups in total. The highest BCUT2D eigenvalue weighted by Crippen LogP contribution is 2.32. The van der Waals surface area contributed by atoms with E-state index >= 15 is 0 Å². The molecule has 0 aliphatic heterocycles. The summed E-state index contributed by atoms with van der Waals surface area (Å²) in [6.45, 7) is 0.172. The molecule has 14 heavy (non-hydrogen) atoms. The van der Waals surface area contributed by atoms with Crippen molar-refractivity contribution in [2.75, 3.05) is 13.7 Å². The van der Waals surface area contributed by atoms with E-state index in [0.717, 1.165) is 0 Å². The summed E-state index contributed by atoms with van der Waals surface area (Å²) in [6.07, 6.45) is 6.10. The first-order valence-corrected chi connectivity index (χ1v) is 5.59. The second-order valence-corrected chi connectivity index (χ2v) is 4.27. The molecule has 1 aliphatic carbocycles. The lowest BCUT2D eigenvalue weighted by Crippen LogP contribution is -2.26. The minimum Gasteiger partial charge on any atom is -0.396 e. The van der Waals surface area contributed by atoms with Gasteiger partial charge in [0.05, 0.1) is 0 Å². The Morgan fingerprint density at radius 3 is 2.43 bits per heavy atom. The van der Waals surface area contributed by atoms with Crippen molar-refractivity contribution in [3.63, 3.8) is 0 Å². The summed E-state index contributed by atoms with van der Waals surface area (Å²) < 4.78 is 4.82. The van der Waals surface area contributed by atoms with Gasteiger partial charge in [0.1, 0.15) is 0 Å². The van der Waals surface area contributed by atoms with Gasteiger partial charge in [0.2, 0.25) is 0 Å². The number of aliphatic hydroxyl groups is 2. The summed E-state index contributed by atoms with van der Waals surface area (Å²) in [7, 11) is 1.50. The van der Waals surface area contributed by atoms with E-state index in [1.54, 1.807) is 0 Å². The molecule has 1 rings (SSSR count). The zero-order valence-corrected chi connectivity index (χ0v) is 8.98. The van der Waals surface area contributed by atoms with E-state index < -0.39 is 6.29 Å². The van der Waals surface area contributed by atoms with Gasteiger partial charge in [0.15, 0.2) is 6.29 Å². The van der Waals surface area contributed by atoms with Crippen LogP contribution in [-0.2, 0) is 4.74 Å². The van der Waals surface area contributed by atoms with E-state index in [2.05, 4.69) is 0 Å². The Bertz CT molecular complexity index is 143. The summed E-state index contributed by atoms with van der Waals surface area (Å²) in [5.74, 6) is 0.795. The Balaban J connectivity index is 2.35. The van der Waals surface area contributed by atoms with E-state index in [1.807, 2.05) is 0 Å². The molecule has 2 atom stereocenters. The number of methoxy groups -OCH3 is 1. The Labute approximate surface area is 86.1 Å². The summed E-state index contributed by atoms with van der Waals surface area (Å²) >= 11 is 0. The normalized spacial score (nSPS) is 23.4. The average Bonchev–Trinajstić information content (AvgIpc) is 2.26. The quantitative estimate of drug-likeness (QED) is 0.665. The Morgan fingerprint density at radius 2 is 1.93 bits per heavy atom. The largest absolute Gasteiger partial charge is 0.396 e. The molecular weight excluding hydrogens is 180 g/mol. The van der Waals surface area contributed by atoms with Gasteiger partial charge in [-0.1, -0.05) is 32.1 Å². The van der Waals surface area contributed by atoms with E-state index in [0.29, 0.717) is 12.3 Å². The fraction of sp³-hybridized carbons (Fsp3) is 1.00. The van der Waals surface area contributed by atoms with Crippen LogP contribution in [0.3, 0.4) is 0 Å². The molecule has 1 saturated carbocycles. The minimum absolute atomic E-state index is 0.172. The Morgan fingerprint density at radius 1 is 1.29 bits per heavy atom. The van der Waals surface area contributed by atoms with Crippen molar-refractivity contribution in [2.45, 2.75) is 44.8 Å². The van der Waals surface area contributed by atoms with Gasteiger partial charge in [-0.2, -0.15) is 0 Å². The zero-order valence-electron chi connectivity index (χ0n) is 8.98. The van der Waals surface area contributed by atoms with Gasteiger partial charge < -0.3 is 14.9 Å². The topological polar surface area (TPSA) is 49.7 Å². The van der Waals surface area contributed by atoms with Gasteiger partial charge in [-0.3, -0.25) is 0 Å². The second kappa shape index (κ2) is 6.38. The van der Waals surface area contributed by atoms with Crippen molar-refractivity contribution in [1.82, 2.24) is 0 Å². The number of hydrogen-bond acceptors (Lipinski definition) is 3. The lowest BCUT2D eigenvalue weighted by molar-refractivity contribution is -0.0969. The maximum absolute atomic E-state index is 9.36.